The Bertz CT molecular complexity index is 351. The zero-order chi connectivity index (χ0) is 10.8. The number of halogens is 3. The maximum Gasteiger partial charge on any atom is 0.147 e. The first-order chi connectivity index (χ1) is 7.16. The van der Waals surface area contributed by atoms with Gasteiger partial charge in [0.2, 0.25) is 0 Å². The molecule has 0 saturated carbocycles. The van der Waals surface area contributed by atoms with Crippen LogP contribution in [-0.4, -0.2) is 22.9 Å². The van der Waals surface area contributed by atoms with Crippen LogP contribution in [0.2, 0.25) is 5.02 Å². The summed E-state index contributed by atoms with van der Waals surface area (Å²) in [6.45, 7) is 2.04. The van der Waals surface area contributed by atoms with Crippen LogP contribution < -0.4 is 4.90 Å². The summed E-state index contributed by atoms with van der Waals surface area (Å²) in [7, 11) is 0. The van der Waals surface area contributed by atoms with Crippen molar-refractivity contribution in [1.82, 2.24) is 4.98 Å². The number of piperidine rings is 1. The van der Waals surface area contributed by atoms with Gasteiger partial charge in [-0.15, -0.1) is 0 Å². The highest BCUT2D eigenvalue weighted by molar-refractivity contribution is 9.10. The number of rotatable bonds is 1. The third-order valence-corrected chi connectivity index (χ3v) is 4.14. The van der Waals surface area contributed by atoms with Gasteiger partial charge in [-0.05, 0) is 34.8 Å². The SMILES string of the molecule is Clc1cc(Br)cnc1N1CCC(Br)CC1. The molecule has 1 aliphatic heterocycles. The number of pyridine rings is 1. The summed E-state index contributed by atoms with van der Waals surface area (Å²) < 4.78 is 0.923. The van der Waals surface area contributed by atoms with E-state index in [4.69, 9.17) is 11.6 Å². The van der Waals surface area contributed by atoms with Gasteiger partial charge < -0.3 is 4.90 Å². The fourth-order valence-electron chi connectivity index (χ4n) is 1.70. The van der Waals surface area contributed by atoms with Crippen molar-refractivity contribution in [2.45, 2.75) is 17.7 Å². The monoisotopic (exact) mass is 352 g/mol. The third kappa shape index (κ3) is 2.86. The number of hydrogen-bond donors (Lipinski definition) is 0. The highest BCUT2D eigenvalue weighted by Crippen LogP contribution is 2.29. The van der Waals surface area contributed by atoms with Crippen molar-refractivity contribution in [2.75, 3.05) is 18.0 Å². The van der Waals surface area contributed by atoms with Crippen LogP contribution >= 0.6 is 43.5 Å². The van der Waals surface area contributed by atoms with E-state index in [9.17, 15) is 0 Å². The molecule has 1 saturated heterocycles. The molecule has 1 aromatic heterocycles. The van der Waals surface area contributed by atoms with Crippen LogP contribution in [0.4, 0.5) is 5.82 Å². The van der Waals surface area contributed by atoms with Crippen molar-refractivity contribution in [2.24, 2.45) is 0 Å². The first-order valence-corrected chi connectivity index (χ1v) is 6.95. The van der Waals surface area contributed by atoms with Crippen molar-refractivity contribution >= 4 is 49.3 Å². The molecule has 15 heavy (non-hydrogen) atoms. The number of nitrogens with zero attached hydrogens (tertiary/aromatic N) is 2. The number of hydrogen-bond acceptors (Lipinski definition) is 2. The molecule has 0 aromatic carbocycles. The normalized spacial score (nSPS) is 18.2. The maximum absolute atomic E-state index is 6.15. The van der Waals surface area contributed by atoms with Gasteiger partial charge >= 0.3 is 0 Å². The maximum atomic E-state index is 6.15. The minimum absolute atomic E-state index is 0.642. The lowest BCUT2D eigenvalue weighted by molar-refractivity contribution is 0.592. The zero-order valence-electron chi connectivity index (χ0n) is 8.09. The van der Waals surface area contributed by atoms with Gasteiger partial charge in [0.05, 0.1) is 5.02 Å². The number of anilines is 1. The van der Waals surface area contributed by atoms with Gasteiger partial charge in [-0.1, -0.05) is 27.5 Å². The topological polar surface area (TPSA) is 16.1 Å². The summed E-state index contributed by atoms with van der Waals surface area (Å²) in [6.07, 6.45) is 4.09. The summed E-state index contributed by atoms with van der Waals surface area (Å²) in [5, 5.41) is 0.720. The molecule has 1 fully saturated rings. The van der Waals surface area contributed by atoms with Gasteiger partial charge in [0.15, 0.2) is 0 Å². The van der Waals surface area contributed by atoms with Crippen LogP contribution in [0.25, 0.3) is 0 Å². The minimum Gasteiger partial charge on any atom is -0.355 e. The molecule has 1 aliphatic rings. The largest absolute Gasteiger partial charge is 0.355 e. The van der Waals surface area contributed by atoms with Crippen molar-refractivity contribution in [3.8, 4) is 0 Å². The predicted molar refractivity (Wildman–Crippen MR) is 71.1 cm³/mol. The molecular formula is C10H11Br2ClN2. The lowest BCUT2D eigenvalue weighted by Crippen LogP contribution is -2.34. The van der Waals surface area contributed by atoms with Crippen molar-refractivity contribution in [3.63, 3.8) is 0 Å². The molecule has 5 heteroatoms. The summed E-state index contributed by atoms with van der Waals surface area (Å²) >= 11 is 13.1. The highest BCUT2D eigenvalue weighted by atomic mass is 79.9. The van der Waals surface area contributed by atoms with Crippen LogP contribution in [0.3, 0.4) is 0 Å². The molecule has 0 unspecified atom stereocenters. The molecule has 82 valence electrons. The Labute approximate surface area is 111 Å². The van der Waals surface area contributed by atoms with E-state index in [0.29, 0.717) is 4.83 Å². The zero-order valence-corrected chi connectivity index (χ0v) is 12.0. The van der Waals surface area contributed by atoms with E-state index >= 15 is 0 Å². The van der Waals surface area contributed by atoms with Gasteiger partial charge in [0.25, 0.3) is 0 Å². The van der Waals surface area contributed by atoms with E-state index in [-0.39, 0.29) is 0 Å². The van der Waals surface area contributed by atoms with Gasteiger partial charge in [0.1, 0.15) is 5.82 Å². The standard InChI is InChI=1S/C10H11Br2ClN2/c11-7-1-3-15(4-2-7)10-9(13)5-8(12)6-14-10/h5-7H,1-4H2. The van der Waals surface area contributed by atoms with Crippen molar-refractivity contribution in [1.29, 1.82) is 0 Å². The second kappa shape index (κ2) is 5.02. The van der Waals surface area contributed by atoms with E-state index in [0.717, 1.165) is 41.2 Å². The molecule has 0 N–H and O–H groups in total. The third-order valence-electron chi connectivity index (χ3n) is 2.51. The Morgan fingerprint density at radius 3 is 2.67 bits per heavy atom. The Hall–Kier alpha value is 0.200. The average molecular weight is 354 g/mol. The van der Waals surface area contributed by atoms with E-state index in [1.807, 2.05) is 6.07 Å². The predicted octanol–water partition coefficient (Wildman–Crippen LogP) is 3.86. The van der Waals surface area contributed by atoms with Crippen molar-refractivity contribution in [3.05, 3.63) is 21.8 Å². The average Bonchev–Trinajstić information content (AvgIpc) is 2.20. The minimum atomic E-state index is 0.642. The summed E-state index contributed by atoms with van der Waals surface area (Å²) in [5.41, 5.74) is 0. The smallest absolute Gasteiger partial charge is 0.147 e. The molecule has 0 radical (unpaired) electrons. The van der Waals surface area contributed by atoms with E-state index in [1.165, 1.54) is 0 Å². The molecule has 2 rings (SSSR count). The molecule has 1 aromatic rings. The Balaban J connectivity index is 2.15. The molecule has 0 atom stereocenters. The fraction of sp³-hybridized carbons (Fsp3) is 0.500. The quantitative estimate of drug-likeness (QED) is 0.712. The Kier molecular flexibility index (Phi) is 3.91. The second-order valence-corrected chi connectivity index (χ2v) is 6.24. The van der Waals surface area contributed by atoms with Crippen LogP contribution in [0, 0.1) is 0 Å². The molecule has 0 bridgehead atoms. The van der Waals surface area contributed by atoms with Gasteiger partial charge in [-0.3, -0.25) is 0 Å². The van der Waals surface area contributed by atoms with Gasteiger partial charge in [0, 0.05) is 28.6 Å². The summed E-state index contributed by atoms with van der Waals surface area (Å²) in [4.78, 5) is 7.24. The highest BCUT2D eigenvalue weighted by Gasteiger charge is 2.19. The van der Waals surface area contributed by atoms with Gasteiger partial charge in [-0.25, -0.2) is 4.98 Å². The molecule has 0 aliphatic carbocycles. The van der Waals surface area contributed by atoms with E-state index < -0.39 is 0 Å². The second-order valence-electron chi connectivity index (χ2n) is 3.62. The van der Waals surface area contributed by atoms with Crippen LogP contribution in [-0.2, 0) is 0 Å². The van der Waals surface area contributed by atoms with Crippen molar-refractivity contribution < 1.29 is 0 Å². The number of aromatic nitrogens is 1. The van der Waals surface area contributed by atoms with E-state index in [2.05, 4.69) is 41.7 Å². The Morgan fingerprint density at radius 1 is 1.40 bits per heavy atom. The van der Waals surface area contributed by atoms with Crippen LogP contribution in [0.15, 0.2) is 16.7 Å². The summed E-state index contributed by atoms with van der Waals surface area (Å²) in [5.74, 6) is 0.902. The summed E-state index contributed by atoms with van der Waals surface area (Å²) in [6, 6.07) is 1.89. The van der Waals surface area contributed by atoms with Crippen LogP contribution in [0.1, 0.15) is 12.8 Å². The lowest BCUT2D eigenvalue weighted by atomic mass is 10.1. The lowest BCUT2D eigenvalue weighted by Gasteiger charge is -2.30. The fourth-order valence-corrected chi connectivity index (χ4v) is 2.86. The van der Waals surface area contributed by atoms with Crippen LogP contribution in [0.5, 0.6) is 0 Å². The first kappa shape index (κ1) is 11.7. The molecular weight excluding hydrogens is 343 g/mol. The molecule has 2 nitrogen and oxygen atoms in total. The molecule has 2 heterocycles. The number of alkyl halides is 1. The Morgan fingerprint density at radius 2 is 2.07 bits per heavy atom. The first-order valence-electron chi connectivity index (χ1n) is 4.87. The van der Waals surface area contributed by atoms with E-state index in [1.54, 1.807) is 6.20 Å². The molecule has 0 spiro atoms. The van der Waals surface area contributed by atoms with Gasteiger partial charge in [-0.2, -0.15) is 0 Å². The molecule has 0 amide bonds.